The van der Waals surface area contributed by atoms with Crippen molar-refractivity contribution in [2.24, 2.45) is 0 Å². The molecule has 1 saturated carbocycles. The topological polar surface area (TPSA) is 95.0 Å². The number of hydrogen-bond acceptors (Lipinski definition) is 7. The van der Waals surface area contributed by atoms with E-state index in [0.717, 1.165) is 74.3 Å². The molecule has 1 atom stereocenters. The summed E-state index contributed by atoms with van der Waals surface area (Å²) in [6.45, 7) is 8.18. The molecule has 0 spiro atoms. The SMILES string of the molecule is CCC[C@H](C)Nc1ncc(-c2ccc(CNCC)cn2)c(NC2CCC(O)CC2)n1. The Kier molecular flexibility index (Phi) is 8.39. The lowest BCUT2D eigenvalue weighted by Crippen LogP contribution is -2.29. The van der Waals surface area contributed by atoms with Crippen molar-refractivity contribution >= 4 is 11.8 Å². The zero-order valence-corrected chi connectivity index (χ0v) is 18.5. The number of anilines is 2. The molecule has 2 aromatic heterocycles. The van der Waals surface area contributed by atoms with E-state index in [1.807, 2.05) is 18.5 Å². The highest BCUT2D eigenvalue weighted by Gasteiger charge is 2.21. The molecule has 0 bridgehead atoms. The van der Waals surface area contributed by atoms with E-state index in [4.69, 9.17) is 4.98 Å². The van der Waals surface area contributed by atoms with Crippen molar-refractivity contribution in [3.05, 3.63) is 30.1 Å². The van der Waals surface area contributed by atoms with Crippen molar-refractivity contribution in [2.45, 2.75) is 84.0 Å². The predicted molar refractivity (Wildman–Crippen MR) is 123 cm³/mol. The van der Waals surface area contributed by atoms with Crippen molar-refractivity contribution in [3.63, 3.8) is 0 Å². The molecular weight excluding hydrogens is 376 g/mol. The Balaban J connectivity index is 1.82. The number of aliphatic hydroxyl groups is 1. The average molecular weight is 413 g/mol. The normalized spacial score (nSPS) is 20.0. The van der Waals surface area contributed by atoms with Crippen molar-refractivity contribution < 1.29 is 5.11 Å². The van der Waals surface area contributed by atoms with Crippen molar-refractivity contribution in [2.75, 3.05) is 17.2 Å². The monoisotopic (exact) mass is 412 g/mol. The summed E-state index contributed by atoms with van der Waals surface area (Å²) in [6, 6.07) is 4.76. The third-order valence-electron chi connectivity index (χ3n) is 5.60. The minimum atomic E-state index is -0.175. The summed E-state index contributed by atoms with van der Waals surface area (Å²) in [5, 5.41) is 20.2. The second kappa shape index (κ2) is 11.2. The molecule has 0 radical (unpaired) electrons. The van der Waals surface area contributed by atoms with Crippen LogP contribution in [0.4, 0.5) is 11.8 Å². The number of rotatable bonds is 10. The van der Waals surface area contributed by atoms with Gasteiger partial charge in [-0.2, -0.15) is 4.98 Å². The maximum Gasteiger partial charge on any atom is 0.224 e. The molecule has 1 aliphatic carbocycles. The average Bonchev–Trinajstić information content (AvgIpc) is 2.75. The third-order valence-corrected chi connectivity index (χ3v) is 5.60. The number of pyridine rings is 1. The molecule has 164 valence electrons. The Morgan fingerprint density at radius 1 is 1.10 bits per heavy atom. The Labute approximate surface area is 180 Å². The first-order chi connectivity index (χ1) is 14.6. The fourth-order valence-corrected chi connectivity index (χ4v) is 3.85. The van der Waals surface area contributed by atoms with Crippen LogP contribution in [0.1, 0.15) is 64.9 Å². The maximum absolute atomic E-state index is 9.83. The van der Waals surface area contributed by atoms with Gasteiger partial charge in [-0.1, -0.05) is 26.3 Å². The molecule has 0 unspecified atom stereocenters. The van der Waals surface area contributed by atoms with E-state index in [-0.39, 0.29) is 6.10 Å². The van der Waals surface area contributed by atoms with Gasteiger partial charge in [-0.15, -0.1) is 0 Å². The van der Waals surface area contributed by atoms with Crippen LogP contribution in [0.5, 0.6) is 0 Å². The van der Waals surface area contributed by atoms with Crippen molar-refractivity contribution in [1.82, 2.24) is 20.3 Å². The third kappa shape index (κ3) is 6.37. The van der Waals surface area contributed by atoms with E-state index in [1.165, 1.54) is 0 Å². The molecule has 4 N–H and O–H groups in total. The molecule has 1 fully saturated rings. The summed E-state index contributed by atoms with van der Waals surface area (Å²) < 4.78 is 0. The number of nitrogens with one attached hydrogen (secondary N) is 3. The van der Waals surface area contributed by atoms with Gasteiger partial charge in [-0.25, -0.2) is 4.98 Å². The van der Waals surface area contributed by atoms with Gasteiger partial charge in [0.05, 0.1) is 17.4 Å². The van der Waals surface area contributed by atoms with Gasteiger partial charge in [0.1, 0.15) is 5.82 Å². The summed E-state index contributed by atoms with van der Waals surface area (Å²) >= 11 is 0. The first-order valence-corrected chi connectivity index (χ1v) is 11.3. The first kappa shape index (κ1) is 22.4. The van der Waals surface area contributed by atoms with E-state index in [1.54, 1.807) is 0 Å². The molecule has 0 saturated heterocycles. The number of aromatic nitrogens is 3. The standard InChI is InChI=1S/C23H36N6O/c1-4-6-16(3)27-23-26-15-20(21-12-7-17(14-25-21)13-24-5-2)22(29-23)28-18-8-10-19(30)11-9-18/h7,12,14-16,18-19,24,30H,4-6,8-11,13H2,1-3H3,(H2,26,27,28,29)/t16-,18?,19?/m0/s1. The van der Waals surface area contributed by atoms with Crippen LogP contribution in [-0.4, -0.2) is 44.8 Å². The van der Waals surface area contributed by atoms with Gasteiger partial charge in [0.15, 0.2) is 0 Å². The Bertz CT molecular complexity index is 774. The van der Waals surface area contributed by atoms with Gasteiger partial charge in [0, 0.05) is 31.0 Å². The van der Waals surface area contributed by atoms with Crippen LogP contribution in [0, 0.1) is 0 Å². The fraction of sp³-hybridized carbons (Fsp3) is 0.609. The molecule has 30 heavy (non-hydrogen) atoms. The first-order valence-electron chi connectivity index (χ1n) is 11.3. The Morgan fingerprint density at radius 2 is 1.90 bits per heavy atom. The van der Waals surface area contributed by atoms with Crippen LogP contribution in [0.25, 0.3) is 11.3 Å². The summed E-state index contributed by atoms with van der Waals surface area (Å²) in [5.41, 5.74) is 2.93. The van der Waals surface area contributed by atoms with Crippen LogP contribution < -0.4 is 16.0 Å². The predicted octanol–water partition coefficient (Wildman–Crippen LogP) is 3.96. The highest BCUT2D eigenvalue weighted by molar-refractivity contribution is 5.73. The summed E-state index contributed by atoms with van der Waals surface area (Å²) in [6.07, 6.45) is 9.32. The molecule has 7 heteroatoms. The van der Waals surface area contributed by atoms with Gasteiger partial charge < -0.3 is 21.1 Å². The minimum Gasteiger partial charge on any atom is -0.393 e. The molecule has 0 aliphatic heterocycles. The second-order valence-electron chi connectivity index (χ2n) is 8.27. The van der Waals surface area contributed by atoms with Crippen LogP contribution in [-0.2, 0) is 6.54 Å². The Hall–Kier alpha value is -2.25. The smallest absolute Gasteiger partial charge is 0.224 e. The quantitative estimate of drug-likeness (QED) is 0.469. The van der Waals surface area contributed by atoms with Gasteiger partial charge in [-0.3, -0.25) is 4.98 Å². The second-order valence-corrected chi connectivity index (χ2v) is 8.27. The number of nitrogens with zero attached hydrogens (tertiary/aromatic N) is 3. The van der Waals surface area contributed by atoms with E-state index >= 15 is 0 Å². The number of hydrogen-bond donors (Lipinski definition) is 4. The molecule has 0 aromatic carbocycles. The van der Waals surface area contributed by atoms with E-state index < -0.39 is 0 Å². The zero-order valence-electron chi connectivity index (χ0n) is 18.5. The van der Waals surface area contributed by atoms with Crippen molar-refractivity contribution in [3.8, 4) is 11.3 Å². The van der Waals surface area contributed by atoms with Crippen molar-refractivity contribution in [1.29, 1.82) is 0 Å². The molecule has 2 heterocycles. The molecule has 7 nitrogen and oxygen atoms in total. The van der Waals surface area contributed by atoms with Gasteiger partial charge in [0.2, 0.25) is 5.95 Å². The molecular formula is C23H36N6O. The van der Waals surface area contributed by atoms with E-state index in [9.17, 15) is 5.11 Å². The largest absolute Gasteiger partial charge is 0.393 e. The summed E-state index contributed by atoms with van der Waals surface area (Å²) in [5.74, 6) is 1.45. The van der Waals surface area contributed by atoms with Gasteiger partial charge in [0.25, 0.3) is 0 Å². The fourth-order valence-electron chi connectivity index (χ4n) is 3.85. The van der Waals surface area contributed by atoms with Crippen LogP contribution in [0.3, 0.4) is 0 Å². The van der Waals surface area contributed by atoms with Gasteiger partial charge in [-0.05, 0) is 57.2 Å². The maximum atomic E-state index is 9.83. The zero-order chi connectivity index (χ0) is 21.3. The highest BCUT2D eigenvalue weighted by atomic mass is 16.3. The van der Waals surface area contributed by atoms with Gasteiger partial charge >= 0.3 is 0 Å². The minimum absolute atomic E-state index is 0.175. The van der Waals surface area contributed by atoms with E-state index in [2.05, 4.69) is 52.8 Å². The summed E-state index contributed by atoms with van der Waals surface area (Å²) in [7, 11) is 0. The molecule has 0 amide bonds. The molecule has 1 aliphatic rings. The highest BCUT2D eigenvalue weighted by Crippen LogP contribution is 2.29. The number of aliphatic hydroxyl groups excluding tert-OH is 1. The molecule has 2 aromatic rings. The Morgan fingerprint density at radius 3 is 2.57 bits per heavy atom. The lowest BCUT2D eigenvalue weighted by molar-refractivity contribution is 0.126. The van der Waals surface area contributed by atoms with Crippen LogP contribution in [0.2, 0.25) is 0 Å². The lowest BCUT2D eigenvalue weighted by atomic mass is 9.93. The van der Waals surface area contributed by atoms with Crippen LogP contribution >= 0.6 is 0 Å². The molecule has 3 rings (SSSR count). The summed E-state index contributed by atoms with van der Waals surface area (Å²) in [4.78, 5) is 14.0. The van der Waals surface area contributed by atoms with Crippen LogP contribution in [0.15, 0.2) is 24.5 Å². The van der Waals surface area contributed by atoms with E-state index in [0.29, 0.717) is 18.0 Å². The lowest BCUT2D eigenvalue weighted by Gasteiger charge is -2.27.